The third-order valence-corrected chi connectivity index (χ3v) is 6.88. The average molecular weight is 531 g/mol. The van der Waals surface area contributed by atoms with Crippen molar-refractivity contribution in [1.82, 2.24) is 10.2 Å². The van der Waals surface area contributed by atoms with Crippen molar-refractivity contribution in [3.63, 3.8) is 0 Å². The van der Waals surface area contributed by atoms with E-state index in [9.17, 15) is 14.3 Å². The summed E-state index contributed by atoms with van der Waals surface area (Å²) in [4.78, 5) is 14.7. The predicted molar refractivity (Wildman–Crippen MR) is 139 cm³/mol. The molecule has 204 valence electrons. The van der Waals surface area contributed by atoms with Gasteiger partial charge in [0.05, 0.1) is 6.04 Å². The molecule has 1 aliphatic rings. The van der Waals surface area contributed by atoms with Gasteiger partial charge in [-0.2, -0.15) is 8.78 Å². The number of aliphatic hydroxyl groups is 1. The number of nitrogens with one attached hydrogen (secondary N) is 1. The fraction of sp³-hybridized carbons (Fsp3) is 0.414. The highest BCUT2D eigenvalue weighted by Crippen LogP contribution is 2.36. The Hall–Kier alpha value is -3.30. The summed E-state index contributed by atoms with van der Waals surface area (Å²) in [7, 11) is 0. The summed E-state index contributed by atoms with van der Waals surface area (Å²) in [5.74, 6) is -5.82. The molecule has 1 heterocycles. The molecule has 0 saturated carbocycles. The number of likely N-dealkylation sites (N-methyl/N-ethyl adjacent to an activating group) is 1. The van der Waals surface area contributed by atoms with Crippen molar-refractivity contribution in [2.24, 2.45) is 0 Å². The molecule has 1 aliphatic heterocycles. The Labute approximate surface area is 220 Å². The van der Waals surface area contributed by atoms with Gasteiger partial charge in [-0.25, -0.2) is 4.39 Å². The summed E-state index contributed by atoms with van der Waals surface area (Å²) in [5, 5.41) is 15.4. The Kier molecular flexibility index (Phi) is 8.79. The molecule has 0 aliphatic carbocycles. The normalized spacial score (nSPS) is 14.9. The van der Waals surface area contributed by atoms with Crippen LogP contribution in [-0.2, 0) is 11.2 Å². The van der Waals surface area contributed by atoms with Crippen LogP contribution in [0.5, 0.6) is 11.5 Å². The van der Waals surface area contributed by atoms with Crippen molar-refractivity contribution in [2.45, 2.75) is 44.8 Å². The molecule has 38 heavy (non-hydrogen) atoms. The summed E-state index contributed by atoms with van der Waals surface area (Å²) in [6, 6.07) is 14.5. The molecule has 0 radical (unpaired) electrons. The van der Waals surface area contributed by atoms with Crippen LogP contribution < -0.4 is 14.8 Å². The van der Waals surface area contributed by atoms with E-state index in [1.165, 1.54) is 6.07 Å². The van der Waals surface area contributed by atoms with Crippen LogP contribution in [-0.4, -0.2) is 60.7 Å². The number of amides is 1. The molecule has 0 fully saturated rings. The maximum absolute atomic E-state index is 15.0. The summed E-state index contributed by atoms with van der Waals surface area (Å²) in [6.07, 6.45) is -2.15. The number of fused-ring (bicyclic) bond motifs is 2. The lowest BCUT2D eigenvalue weighted by Gasteiger charge is -2.31. The van der Waals surface area contributed by atoms with Gasteiger partial charge in [-0.05, 0) is 53.5 Å². The van der Waals surface area contributed by atoms with Gasteiger partial charge in [0, 0.05) is 13.0 Å². The molecule has 0 aromatic heterocycles. The van der Waals surface area contributed by atoms with Crippen molar-refractivity contribution in [2.75, 3.05) is 32.8 Å². The highest BCUT2D eigenvalue weighted by molar-refractivity contribution is 5.84. The first-order valence-electron chi connectivity index (χ1n) is 12.9. The molecule has 1 amide bonds. The zero-order valence-corrected chi connectivity index (χ0v) is 21.6. The molecule has 3 aromatic rings. The standard InChI is InChI=1S/C29H33F3N2O4/c1-3-34(4-2)18-24(26(35)22-16-23(30)27-25(17-22)37-13-14-38-27)33-28(36)29(31,32)12-11-19-9-10-20-7-5-6-8-21(20)15-19/h5-10,15-17,24,26,35H,3-4,11-14,18H2,1-2H3,(H,33,36)/t24-,26-/m1/s1. The van der Waals surface area contributed by atoms with E-state index in [2.05, 4.69) is 5.32 Å². The van der Waals surface area contributed by atoms with E-state index in [1.54, 1.807) is 6.07 Å². The predicted octanol–water partition coefficient (Wildman–Crippen LogP) is 4.88. The number of hydrogen-bond acceptors (Lipinski definition) is 5. The first-order valence-corrected chi connectivity index (χ1v) is 12.9. The number of halogens is 3. The highest BCUT2D eigenvalue weighted by Gasteiger charge is 2.40. The van der Waals surface area contributed by atoms with E-state index < -0.39 is 36.2 Å². The summed E-state index contributed by atoms with van der Waals surface area (Å²) in [5.41, 5.74) is 0.798. The lowest BCUT2D eigenvalue weighted by molar-refractivity contribution is -0.148. The van der Waals surface area contributed by atoms with E-state index in [4.69, 9.17) is 9.47 Å². The Balaban J connectivity index is 1.50. The Morgan fingerprint density at radius 2 is 1.76 bits per heavy atom. The van der Waals surface area contributed by atoms with Gasteiger partial charge in [0.25, 0.3) is 5.91 Å². The number of carbonyl (C=O) groups excluding carboxylic acids is 1. The van der Waals surface area contributed by atoms with Crippen LogP contribution in [0.25, 0.3) is 10.8 Å². The van der Waals surface area contributed by atoms with Gasteiger partial charge in [0.1, 0.15) is 19.3 Å². The average Bonchev–Trinajstić information content (AvgIpc) is 2.93. The second kappa shape index (κ2) is 12.0. The molecule has 6 nitrogen and oxygen atoms in total. The van der Waals surface area contributed by atoms with Crippen LogP contribution in [0.2, 0.25) is 0 Å². The molecule has 0 unspecified atom stereocenters. The van der Waals surface area contributed by atoms with Crippen LogP contribution in [0.3, 0.4) is 0 Å². The Morgan fingerprint density at radius 3 is 2.50 bits per heavy atom. The van der Waals surface area contributed by atoms with Crippen LogP contribution in [0, 0.1) is 5.82 Å². The number of nitrogens with zero attached hydrogens (tertiary/aromatic N) is 1. The molecule has 0 bridgehead atoms. The second-order valence-corrected chi connectivity index (χ2v) is 9.42. The fourth-order valence-corrected chi connectivity index (χ4v) is 4.60. The number of rotatable bonds is 11. The number of aryl methyl sites for hydroxylation is 1. The van der Waals surface area contributed by atoms with Gasteiger partial charge in [0.15, 0.2) is 17.3 Å². The van der Waals surface area contributed by atoms with Crippen molar-refractivity contribution in [3.8, 4) is 11.5 Å². The fourth-order valence-electron chi connectivity index (χ4n) is 4.60. The van der Waals surface area contributed by atoms with Crippen LogP contribution in [0.15, 0.2) is 54.6 Å². The molecule has 9 heteroatoms. The summed E-state index contributed by atoms with van der Waals surface area (Å²) >= 11 is 0. The number of carbonyl (C=O) groups is 1. The van der Waals surface area contributed by atoms with Crippen LogP contribution >= 0.6 is 0 Å². The summed E-state index contributed by atoms with van der Waals surface area (Å²) < 4.78 is 55.4. The largest absolute Gasteiger partial charge is 0.486 e. The van der Waals surface area contributed by atoms with E-state index >= 15 is 8.78 Å². The summed E-state index contributed by atoms with van der Waals surface area (Å²) in [6.45, 7) is 5.42. The third kappa shape index (κ3) is 6.39. The third-order valence-electron chi connectivity index (χ3n) is 6.88. The van der Waals surface area contributed by atoms with Crippen molar-refractivity contribution in [1.29, 1.82) is 0 Å². The van der Waals surface area contributed by atoms with E-state index in [0.29, 0.717) is 18.7 Å². The van der Waals surface area contributed by atoms with E-state index in [-0.39, 0.29) is 43.2 Å². The minimum atomic E-state index is -3.68. The Bertz CT molecular complexity index is 1270. The minimum Gasteiger partial charge on any atom is -0.486 e. The van der Waals surface area contributed by atoms with Gasteiger partial charge in [-0.15, -0.1) is 0 Å². The van der Waals surface area contributed by atoms with Gasteiger partial charge >= 0.3 is 5.92 Å². The zero-order valence-electron chi connectivity index (χ0n) is 21.6. The van der Waals surface area contributed by atoms with Gasteiger partial charge < -0.3 is 24.8 Å². The SMILES string of the molecule is CCN(CC)C[C@@H](NC(=O)C(F)(F)CCc1ccc2ccccc2c1)[C@H](O)c1cc(F)c2c(c1)OCCO2. The number of alkyl halides is 2. The van der Waals surface area contributed by atoms with Gasteiger partial charge in [-0.1, -0.05) is 56.3 Å². The van der Waals surface area contributed by atoms with Crippen molar-refractivity contribution >= 4 is 16.7 Å². The molecule has 3 aromatic carbocycles. The molecule has 0 spiro atoms. The number of benzene rings is 3. The maximum atomic E-state index is 15.0. The number of ether oxygens (including phenoxy) is 2. The molecule has 2 N–H and O–H groups in total. The zero-order chi connectivity index (χ0) is 27.3. The topological polar surface area (TPSA) is 71.0 Å². The van der Waals surface area contributed by atoms with Gasteiger partial charge in [-0.3, -0.25) is 4.79 Å². The minimum absolute atomic E-state index is 0.00188. The number of aliphatic hydroxyl groups excluding tert-OH is 1. The van der Waals surface area contributed by atoms with Crippen LogP contribution in [0.4, 0.5) is 13.2 Å². The lowest BCUT2D eigenvalue weighted by Crippen LogP contribution is -2.52. The van der Waals surface area contributed by atoms with Crippen molar-refractivity contribution in [3.05, 3.63) is 71.5 Å². The maximum Gasteiger partial charge on any atom is 0.324 e. The molecule has 0 saturated heterocycles. The Morgan fingerprint density at radius 1 is 1.05 bits per heavy atom. The van der Waals surface area contributed by atoms with E-state index in [0.717, 1.165) is 16.8 Å². The van der Waals surface area contributed by atoms with Crippen LogP contribution in [0.1, 0.15) is 37.5 Å². The second-order valence-electron chi connectivity index (χ2n) is 9.42. The molecular weight excluding hydrogens is 497 g/mol. The number of hydrogen-bond donors (Lipinski definition) is 2. The first kappa shape index (κ1) is 27.7. The smallest absolute Gasteiger partial charge is 0.324 e. The lowest BCUT2D eigenvalue weighted by atomic mass is 9.99. The monoisotopic (exact) mass is 530 g/mol. The molecule has 2 atom stereocenters. The molecule has 4 rings (SSSR count). The van der Waals surface area contributed by atoms with Gasteiger partial charge in [0.2, 0.25) is 0 Å². The van der Waals surface area contributed by atoms with E-state index in [1.807, 2.05) is 55.1 Å². The molecular formula is C29H33F3N2O4. The highest BCUT2D eigenvalue weighted by atomic mass is 19.3. The van der Waals surface area contributed by atoms with Crippen molar-refractivity contribution < 1.29 is 32.5 Å². The quantitative estimate of drug-likeness (QED) is 0.370. The first-order chi connectivity index (χ1) is 18.2.